The van der Waals surface area contributed by atoms with E-state index < -0.39 is 6.29 Å². The van der Waals surface area contributed by atoms with Crippen molar-refractivity contribution in [1.82, 2.24) is 24.8 Å². The van der Waals surface area contributed by atoms with E-state index in [0.29, 0.717) is 17.6 Å². The third-order valence-corrected chi connectivity index (χ3v) is 8.41. The molecule has 234 valence electrons. The van der Waals surface area contributed by atoms with Gasteiger partial charge in [0.25, 0.3) is 5.91 Å². The van der Waals surface area contributed by atoms with Crippen molar-refractivity contribution in [2.75, 3.05) is 42.9 Å². The van der Waals surface area contributed by atoms with Crippen LogP contribution in [0, 0.1) is 0 Å². The second kappa shape index (κ2) is 13.7. The molecule has 11 nitrogen and oxygen atoms in total. The number of nitrogens with one attached hydrogen (secondary N) is 1. The monoisotopic (exact) mass is 617 g/mol. The van der Waals surface area contributed by atoms with Crippen LogP contribution >= 0.6 is 0 Å². The Morgan fingerprint density at radius 3 is 2.28 bits per heavy atom. The number of carbonyl (C=O) groups excluding carboxylic acids is 1. The van der Waals surface area contributed by atoms with E-state index in [1.807, 2.05) is 78.9 Å². The summed E-state index contributed by atoms with van der Waals surface area (Å²) in [6, 6.07) is 24.7. The predicted molar refractivity (Wildman–Crippen MR) is 173 cm³/mol. The highest BCUT2D eigenvalue weighted by Crippen LogP contribution is 2.38. The Kier molecular flexibility index (Phi) is 8.88. The smallest absolute Gasteiger partial charge is 0.275 e. The fourth-order valence-electron chi connectivity index (χ4n) is 5.89. The van der Waals surface area contributed by atoms with E-state index in [2.05, 4.69) is 35.1 Å². The minimum absolute atomic E-state index is 0.00348. The number of amides is 1. The van der Waals surface area contributed by atoms with E-state index in [1.165, 1.54) is 6.20 Å². The van der Waals surface area contributed by atoms with Crippen LogP contribution in [0.2, 0.25) is 0 Å². The van der Waals surface area contributed by atoms with Gasteiger partial charge in [-0.2, -0.15) is 0 Å². The molecule has 3 atom stereocenters. The van der Waals surface area contributed by atoms with Crippen molar-refractivity contribution in [3.8, 4) is 0 Å². The summed E-state index contributed by atoms with van der Waals surface area (Å²) >= 11 is 0. The van der Waals surface area contributed by atoms with E-state index in [9.17, 15) is 9.90 Å². The molecule has 2 N–H and O–H groups in total. The first-order valence-electron chi connectivity index (χ1n) is 15.5. The van der Waals surface area contributed by atoms with Crippen LogP contribution in [0.3, 0.4) is 0 Å². The number of benzene rings is 3. The van der Waals surface area contributed by atoms with E-state index >= 15 is 0 Å². The maximum Gasteiger partial charge on any atom is 0.275 e. The van der Waals surface area contributed by atoms with Gasteiger partial charge in [0.2, 0.25) is 5.95 Å². The fraction of sp³-hybridized carbons (Fsp3) is 0.286. The Labute approximate surface area is 266 Å². The zero-order chi connectivity index (χ0) is 31.3. The molecule has 0 radical (unpaired) electrons. The lowest BCUT2D eigenvalue weighted by atomic mass is 9.99. The number of aliphatic hydroxyl groups excluding tert-OH is 1. The second-order valence-corrected chi connectivity index (χ2v) is 11.5. The number of para-hydroxylation sites is 2. The maximum atomic E-state index is 12.9. The van der Waals surface area contributed by atoms with Crippen molar-refractivity contribution >= 4 is 28.6 Å². The van der Waals surface area contributed by atoms with Crippen LogP contribution in [0.1, 0.15) is 46.0 Å². The number of hydrogen-bond acceptors (Lipinski definition) is 10. The highest BCUT2D eigenvalue weighted by Gasteiger charge is 2.34. The molecular formula is C35H35N7O4. The number of piperazine rings is 1. The summed E-state index contributed by atoms with van der Waals surface area (Å²) < 4.78 is 13.1. The van der Waals surface area contributed by atoms with Crippen LogP contribution in [-0.4, -0.2) is 74.7 Å². The lowest BCUT2D eigenvalue weighted by Crippen LogP contribution is -2.50. The number of carbonyl (C=O) groups is 1. The van der Waals surface area contributed by atoms with Crippen LogP contribution in [0.4, 0.5) is 11.6 Å². The molecule has 0 aliphatic carbocycles. The van der Waals surface area contributed by atoms with E-state index in [0.717, 1.165) is 60.9 Å². The van der Waals surface area contributed by atoms with Crippen molar-refractivity contribution in [1.29, 1.82) is 0 Å². The Bertz CT molecular complexity index is 1760. The van der Waals surface area contributed by atoms with Crippen LogP contribution in [0.15, 0.2) is 97.5 Å². The van der Waals surface area contributed by atoms with Gasteiger partial charge in [0.05, 0.1) is 36.0 Å². The summed E-state index contributed by atoms with van der Waals surface area (Å²) in [5.41, 5.74) is 5.04. The van der Waals surface area contributed by atoms with Crippen molar-refractivity contribution in [3.05, 3.63) is 120 Å². The number of ether oxygens (including phenoxy) is 2. The molecule has 2 aromatic heterocycles. The van der Waals surface area contributed by atoms with Gasteiger partial charge in [-0.25, -0.2) is 15.0 Å². The molecule has 7 rings (SSSR count). The minimum atomic E-state index is -0.587. The highest BCUT2D eigenvalue weighted by molar-refractivity contribution is 6.03. The topological polar surface area (TPSA) is 126 Å². The number of anilines is 2. The molecule has 2 saturated heterocycles. The van der Waals surface area contributed by atoms with Crippen molar-refractivity contribution in [2.24, 2.45) is 0 Å². The molecule has 1 amide bonds. The number of fused-ring (bicyclic) bond motifs is 1. The molecule has 3 unspecified atom stereocenters. The van der Waals surface area contributed by atoms with Crippen LogP contribution in [-0.2, 0) is 16.1 Å². The lowest BCUT2D eigenvalue weighted by molar-refractivity contribution is -0.253. The van der Waals surface area contributed by atoms with Gasteiger partial charge in [-0.05, 0) is 41.5 Å². The largest absolute Gasteiger partial charge is 0.392 e. The maximum absolute atomic E-state index is 12.9. The molecule has 2 fully saturated rings. The molecule has 3 aromatic carbocycles. The van der Waals surface area contributed by atoms with Gasteiger partial charge in [-0.1, -0.05) is 48.5 Å². The van der Waals surface area contributed by atoms with Gasteiger partial charge in [-0.15, -0.1) is 0 Å². The SMILES string of the molecule is O=C(Nc1ccc(C2OC(CN3CCN(c4ncccn4)CC3)CC(c3ccc(CO)cc3)O2)cc1)c1cnc2ccccc2n1. The number of nitrogens with zero attached hydrogens (tertiary/aromatic N) is 6. The molecular weight excluding hydrogens is 582 g/mol. The van der Waals surface area contributed by atoms with Crippen LogP contribution in [0.5, 0.6) is 0 Å². The van der Waals surface area contributed by atoms with Gasteiger partial charge in [-0.3, -0.25) is 14.7 Å². The minimum Gasteiger partial charge on any atom is -0.392 e. The van der Waals surface area contributed by atoms with E-state index in [1.54, 1.807) is 12.4 Å². The van der Waals surface area contributed by atoms with Gasteiger partial charge >= 0.3 is 0 Å². The van der Waals surface area contributed by atoms with Crippen molar-refractivity contribution < 1.29 is 19.4 Å². The number of aromatic nitrogens is 4. The second-order valence-electron chi connectivity index (χ2n) is 11.5. The standard InChI is InChI=1S/C35H35N7O4/c43-23-24-6-8-25(9-7-24)32-20-28(22-41-16-18-42(19-17-41)35-36-14-3-15-37-35)45-34(46-32)26-10-12-27(13-11-26)39-33(44)31-21-38-29-4-1-2-5-30(29)40-31/h1-15,21,28,32,34,43H,16-20,22-23H2,(H,39,44). The average Bonchev–Trinajstić information content (AvgIpc) is 3.12. The molecule has 11 heteroatoms. The quantitative estimate of drug-likeness (QED) is 0.257. The van der Waals surface area contributed by atoms with Crippen molar-refractivity contribution in [3.63, 3.8) is 0 Å². The molecule has 4 heterocycles. The summed E-state index contributed by atoms with van der Waals surface area (Å²) in [6.45, 7) is 4.23. The van der Waals surface area contributed by atoms with E-state index in [-0.39, 0.29) is 30.4 Å². The Morgan fingerprint density at radius 2 is 1.54 bits per heavy atom. The normalized spacial score (nSPS) is 20.5. The predicted octanol–water partition coefficient (Wildman–Crippen LogP) is 4.53. The third-order valence-electron chi connectivity index (χ3n) is 8.41. The third kappa shape index (κ3) is 6.87. The zero-order valence-electron chi connectivity index (χ0n) is 25.3. The molecule has 5 aromatic rings. The summed E-state index contributed by atoms with van der Waals surface area (Å²) in [5.74, 6) is 0.433. The van der Waals surface area contributed by atoms with Gasteiger partial charge in [0.1, 0.15) is 5.69 Å². The Hall–Kier alpha value is -4.81. The molecule has 0 saturated carbocycles. The van der Waals surface area contributed by atoms with Crippen LogP contribution in [0.25, 0.3) is 11.0 Å². The molecule has 2 aliphatic rings. The highest BCUT2D eigenvalue weighted by atomic mass is 16.7. The summed E-state index contributed by atoms with van der Waals surface area (Å²) in [5, 5.41) is 12.4. The summed E-state index contributed by atoms with van der Waals surface area (Å²) in [6.07, 6.45) is 4.91. The molecule has 0 spiro atoms. The van der Waals surface area contributed by atoms with Gasteiger partial charge < -0.3 is 24.8 Å². The summed E-state index contributed by atoms with van der Waals surface area (Å²) in [7, 11) is 0. The molecule has 0 bridgehead atoms. The van der Waals surface area contributed by atoms with Gasteiger partial charge in [0, 0.05) is 62.8 Å². The molecule has 46 heavy (non-hydrogen) atoms. The first-order valence-corrected chi connectivity index (χ1v) is 15.5. The first kappa shape index (κ1) is 29.9. The summed E-state index contributed by atoms with van der Waals surface area (Å²) in [4.78, 5) is 35.2. The van der Waals surface area contributed by atoms with E-state index in [4.69, 9.17) is 9.47 Å². The zero-order valence-corrected chi connectivity index (χ0v) is 25.3. The Balaban J connectivity index is 1.03. The number of rotatable bonds is 8. The fourth-order valence-corrected chi connectivity index (χ4v) is 5.89. The van der Waals surface area contributed by atoms with Gasteiger partial charge in [0.15, 0.2) is 6.29 Å². The number of hydrogen-bond donors (Lipinski definition) is 2. The number of aliphatic hydroxyl groups is 1. The first-order chi connectivity index (χ1) is 22.6. The average molecular weight is 618 g/mol. The molecule has 2 aliphatic heterocycles. The van der Waals surface area contributed by atoms with Crippen LogP contribution < -0.4 is 10.2 Å². The Morgan fingerprint density at radius 1 is 0.826 bits per heavy atom. The van der Waals surface area contributed by atoms with Crippen molar-refractivity contribution in [2.45, 2.75) is 31.5 Å². The lowest BCUT2D eigenvalue weighted by Gasteiger charge is -2.40.